The van der Waals surface area contributed by atoms with Crippen molar-refractivity contribution in [2.75, 3.05) is 28.7 Å². The van der Waals surface area contributed by atoms with Crippen molar-refractivity contribution < 1.29 is 8.42 Å². The highest BCUT2D eigenvalue weighted by Crippen LogP contribution is 2.45. The zero-order valence-corrected chi connectivity index (χ0v) is 14.0. The van der Waals surface area contributed by atoms with Gasteiger partial charge >= 0.3 is 10.2 Å². The van der Waals surface area contributed by atoms with Crippen LogP contribution >= 0.6 is 0 Å². The molecule has 1 aromatic heterocycles. The van der Waals surface area contributed by atoms with E-state index in [4.69, 9.17) is 0 Å². The van der Waals surface area contributed by atoms with E-state index in [-0.39, 0.29) is 0 Å². The van der Waals surface area contributed by atoms with Gasteiger partial charge < -0.3 is 5.32 Å². The van der Waals surface area contributed by atoms with Gasteiger partial charge in [0.05, 0.1) is 23.3 Å². The predicted octanol–water partition coefficient (Wildman–Crippen LogP) is 2.20. The van der Waals surface area contributed by atoms with Crippen LogP contribution in [0, 0.1) is 6.92 Å². The summed E-state index contributed by atoms with van der Waals surface area (Å²) in [5.41, 5.74) is 2.85. The van der Waals surface area contributed by atoms with E-state index < -0.39 is 10.2 Å². The molecule has 0 spiro atoms. The fourth-order valence-corrected chi connectivity index (χ4v) is 4.55. The molecule has 0 bridgehead atoms. The van der Waals surface area contributed by atoms with Gasteiger partial charge in [0, 0.05) is 12.7 Å². The zero-order valence-electron chi connectivity index (χ0n) is 13.2. The lowest BCUT2D eigenvalue weighted by molar-refractivity contribution is 0.591. The molecule has 0 radical (unpaired) electrons. The highest BCUT2D eigenvalue weighted by Gasteiger charge is 2.41. The number of aromatic nitrogens is 1. The van der Waals surface area contributed by atoms with Crippen LogP contribution in [0.25, 0.3) is 0 Å². The summed E-state index contributed by atoms with van der Waals surface area (Å²) < 4.78 is 29.1. The van der Waals surface area contributed by atoms with Gasteiger partial charge in [-0.15, -0.1) is 0 Å². The summed E-state index contributed by atoms with van der Waals surface area (Å²) in [6.45, 7) is 3.09. The normalized spacial score (nSPS) is 15.7. The molecule has 1 aliphatic heterocycles. The summed E-state index contributed by atoms with van der Waals surface area (Å²) in [5, 5.41) is 3.05. The van der Waals surface area contributed by atoms with Crippen molar-refractivity contribution in [1.82, 2.24) is 10.3 Å². The third-order valence-corrected chi connectivity index (χ3v) is 5.69. The molecule has 0 fully saturated rings. The van der Waals surface area contributed by atoms with Crippen LogP contribution in [0.3, 0.4) is 0 Å². The molecule has 2 heterocycles. The fraction of sp³-hybridized carbons (Fsp3) is 0.312. The molecule has 0 atom stereocenters. The maximum atomic E-state index is 13.1. The topological polar surface area (TPSA) is 65.5 Å². The number of rotatable bonds is 5. The van der Waals surface area contributed by atoms with E-state index in [1.165, 1.54) is 8.61 Å². The van der Waals surface area contributed by atoms with Gasteiger partial charge in [0.25, 0.3) is 0 Å². The third kappa shape index (κ3) is 2.66. The van der Waals surface area contributed by atoms with Gasteiger partial charge in [0.1, 0.15) is 0 Å². The van der Waals surface area contributed by atoms with Gasteiger partial charge in [-0.3, -0.25) is 9.29 Å². The largest absolute Gasteiger partial charge is 0.331 e. The SMILES string of the molecule is CNCCCN1c2ccccc2N(c2cnccc2C)S1(=O)=O. The Bertz CT molecular complexity index is 807. The molecular formula is C16H20N4O2S. The maximum Gasteiger partial charge on any atom is 0.331 e. The Morgan fingerprint density at radius 2 is 1.87 bits per heavy atom. The highest BCUT2D eigenvalue weighted by molar-refractivity contribution is 7.95. The Labute approximate surface area is 136 Å². The molecule has 0 saturated carbocycles. The first kappa shape index (κ1) is 15.8. The number of hydrogen-bond donors (Lipinski definition) is 1. The van der Waals surface area contributed by atoms with Crippen molar-refractivity contribution in [2.45, 2.75) is 13.3 Å². The van der Waals surface area contributed by atoms with Crippen molar-refractivity contribution in [2.24, 2.45) is 0 Å². The van der Waals surface area contributed by atoms with Crippen LogP contribution in [0.5, 0.6) is 0 Å². The summed E-state index contributed by atoms with van der Waals surface area (Å²) in [5.74, 6) is 0. The van der Waals surface area contributed by atoms with E-state index in [1.807, 2.05) is 44.3 Å². The molecule has 1 aliphatic rings. The Morgan fingerprint density at radius 1 is 1.13 bits per heavy atom. The number of para-hydroxylation sites is 2. The van der Waals surface area contributed by atoms with Crippen LogP contribution in [-0.2, 0) is 10.2 Å². The molecule has 6 nitrogen and oxygen atoms in total. The predicted molar refractivity (Wildman–Crippen MR) is 92.4 cm³/mol. The van der Waals surface area contributed by atoms with Crippen molar-refractivity contribution in [3.05, 3.63) is 48.3 Å². The van der Waals surface area contributed by atoms with Crippen LogP contribution in [0.15, 0.2) is 42.7 Å². The monoisotopic (exact) mass is 332 g/mol. The Kier molecular flexibility index (Phi) is 4.23. The molecule has 0 aliphatic carbocycles. The number of anilines is 3. The molecule has 0 unspecified atom stereocenters. The molecule has 0 amide bonds. The Hall–Kier alpha value is -2.12. The molecular weight excluding hydrogens is 312 g/mol. The zero-order chi connectivity index (χ0) is 16.4. The molecule has 2 aromatic rings. The molecule has 122 valence electrons. The number of nitrogens with one attached hydrogen (secondary N) is 1. The minimum absolute atomic E-state index is 0.440. The minimum Gasteiger partial charge on any atom is -0.320 e. The number of hydrogen-bond acceptors (Lipinski definition) is 4. The van der Waals surface area contributed by atoms with Gasteiger partial charge in [-0.05, 0) is 50.7 Å². The number of benzene rings is 1. The van der Waals surface area contributed by atoms with Crippen molar-refractivity contribution >= 4 is 27.3 Å². The van der Waals surface area contributed by atoms with Crippen LogP contribution in [0.4, 0.5) is 17.1 Å². The summed E-state index contributed by atoms with van der Waals surface area (Å²) in [6, 6.07) is 9.20. The molecule has 0 saturated heterocycles. The summed E-state index contributed by atoms with van der Waals surface area (Å²) in [6.07, 6.45) is 4.00. The molecule has 23 heavy (non-hydrogen) atoms. The lowest BCUT2D eigenvalue weighted by atomic mass is 10.2. The number of nitrogens with zero attached hydrogens (tertiary/aromatic N) is 3. The van der Waals surface area contributed by atoms with Gasteiger partial charge in [-0.1, -0.05) is 12.1 Å². The van der Waals surface area contributed by atoms with Crippen LogP contribution in [-0.4, -0.2) is 33.5 Å². The van der Waals surface area contributed by atoms with Gasteiger partial charge in [-0.2, -0.15) is 8.42 Å². The van der Waals surface area contributed by atoms with Crippen LogP contribution in [0.1, 0.15) is 12.0 Å². The minimum atomic E-state index is -3.64. The second-order valence-electron chi connectivity index (χ2n) is 5.45. The summed E-state index contributed by atoms with van der Waals surface area (Å²) in [4.78, 5) is 4.09. The van der Waals surface area contributed by atoms with Crippen LogP contribution in [0.2, 0.25) is 0 Å². The van der Waals surface area contributed by atoms with Gasteiger partial charge in [0.2, 0.25) is 0 Å². The molecule has 1 aromatic carbocycles. The van der Waals surface area contributed by atoms with E-state index in [0.717, 1.165) is 18.5 Å². The highest BCUT2D eigenvalue weighted by atomic mass is 32.2. The lowest BCUT2D eigenvalue weighted by Gasteiger charge is -2.22. The van der Waals surface area contributed by atoms with E-state index in [2.05, 4.69) is 10.3 Å². The van der Waals surface area contributed by atoms with Crippen molar-refractivity contribution in [1.29, 1.82) is 0 Å². The molecule has 3 rings (SSSR count). The van der Waals surface area contributed by atoms with Crippen molar-refractivity contribution in [3.8, 4) is 0 Å². The van der Waals surface area contributed by atoms with E-state index in [0.29, 0.717) is 23.6 Å². The van der Waals surface area contributed by atoms with Gasteiger partial charge in [0.15, 0.2) is 0 Å². The Morgan fingerprint density at radius 3 is 2.57 bits per heavy atom. The number of aryl methyl sites for hydroxylation is 1. The first-order chi connectivity index (χ1) is 11.1. The third-order valence-electron chi connectivity index (χ3n) is 3.90. The summed E-state index contributed by atoms with van der Waals surface area (Å²) >= 11 is 0. The van der Waals surface area contributed by atoms with Crippen molar-refractivity contribution in [3.63, 3.8) is 0 Å². The van der Waals surface area contributed by atoms with Crippen LogP contribution < -0.4 is 13.9 Å². The number of pyridine rings is 1. The Balaban J connectivity index is 2.09. The second kappa shape index (κ2) is 6.17. The average molecular weight is 332 g/mol. The molecule has 7 heteroatoms. The molecule has 1 N–H and O–H groups in total. The summed E-state index contributed by atoms with van der Waals surface area (Å²) in [7, 11) is -1.79. The standard InChI is InChI=1S/C16H20N4O2S/c1-13-8-10-18-12-16(13)20-15-7-4-3-6-14(15)19(23(20,21)22)11-5-9-17-2/h3-4,6-8,10,12,17H,5,9,11H2,1-2H3. The van der Waals surface area contributed by atoms with E-state index in [9.17, 15) is 8.42 Å². The second-order valence-corrected chi connectivity index (χ2v) is 7.15. The van der Waals surface area contributed by atoms with E-state index >= 15 is 0 Å². The average Bonchev–Trinajstić information content (AvgIpc) is 2.76. The maximum absolute atomic E-state index is 13.1. The number of fused-ring (bicyclic) bond motifs is 1. The van der Waals surface area contributed by atoms with Gasteiger partial charge in [-0.25, -0.2) is 4.31 Å². The fourth-order valence-electron chi connectivity index (χ4n) is 2.75. The smallest absolute Gasteiger partial charge is 0.320 e. The first-order valence-corrected chi connectivity index (χ1v) is 8.94. The van der Waals surface area contributed by atoms with E-state index in [1.54, 1.807) is 12.4 Å². The first-order valence-electron chi connectivity index (χ1n) is 7.54. The lowest BCUT2D eigenvalue weighted by Crippen LogP contribution is -2.37. The quantitative estimate of drug-likeness (QED) is 0.853.